The molecule has 168 valence electrons. The van der Waals surface area contributed by atoms with E-state index in [9.17, 15) is 14.4 Å². The van der Waals surface area contributed by atoms with Crippen LogP contribution in [0.5, 0.6) is 0 Å². The van der Waals surface area contributed by atoms with E-state index in [-0.39, 0.29) is 11.8 Å². The third-order valence-corrected chi connectivity index (χ3v) is 6.61. The molecular formula is C22H36N4O4. The Labute approximate surface area is 179 Å². The van der Waals surface area contributed by atoms with Gasteiger partial charge in [-0.05, 0) is 32.9 Å². The minimum atomic E-state index is -0.882. The molecule has 1 N–H and O–H groups in total. The number of piperidine rings is 1. The molecule has 0 aromatic heterocycles. The zero-order chi connectivity index (χ0) is 21.7. The van der Waals surface area contributed by atoms with Crippen LogP contribution in [-0.4, -0.2) is 97.0 Å². The Bertz CT molecular complexity index is 689. The van der Waals surface area contributed by atoms with Crippen molar-refractivity contribution in [3.8, 4) is 0 Å². The predicted molar refractivity (Wildman–Crippen MR) is 114 cm³/mol. The van der Waals surface area contributed by atoms with E-state index in [2.05, 4.69) is 22.0 Å². The highest BCUT2D eigenvalue weighted by atomic mass is 16.6. The highest BCUT2D eigenvalue weighted by Gasteiger charge is 2.50. The molecule has 3 aliphatic rings. The van der Waals surface area contributed by atoms with E-state index in [1.807, 2.05) is 0 Å². The number of likely N-dealkylation sites (tertiary alicyclic amines) is 1. The maximum absolute atomic E-state index is 13.0. The van der Waals surface area contributed by atoms with Gasteiger partial charge in [0.2, 0.25) is 5.91 Å². The van der Waals surface area contributed by atoms with Crippen molar-refractivity contribution in [2.45, 2.75) is 52.1 Å². The monoisotopic (exact) mass is 420 g/mol. The summed E-state index contributed by atoms with van der Waals surface area (Å²) in [6.45, 7) is 13.5. The van der Waals surface area contributed by atoms with Crippen molar-refractivity contribution in [2.24, 2.45) is 0 Å². The lowest BCUT2D eigenvalue weighted by Crippen LogP contribution is -2.50. The zero-order valence-corrected chi connectivity index (χ0v) is 18.7. The number of amides is 2. The molecule has 2 saturated heterocycles. The van der Waals surface area contributed by atoms with E-state index in [1.54, 1.807) is 11.8 Å². The molecular weight excluding hydrogens is 384 g/mol. The molecule has 8 heteroatoms. The van der Waals surface area contributed by atoms with Crippen molar-refractivity contribution < 1.29 is 19.1 Å². The van der Waals surface area contributed by atoms with Crippen molar-refractivity contribution in [3.05, 3.63) is 11.1 Å². The lowest BCUT2D eigenvalue weighted by atomic mass is 9.82. The number of nitrogens with zero attached hydrogens (tertiary/aromatic N) is 3. The first-order chi connectivity index (χ1) is 14.4. The van der Waals surface area contributed by atoms with Crippen molar-refractivity contribution in [3.63, 3.8) is 0 Å². The molecule has 0 aliphatic carbocycles. The Morgan fingerprint density at radius 3 is 2.20 bits per heavy atom. The van der Waals surface area contributed by atoms with Gasteiger partial charge in [-0.1, -0.05) is 6.92 Å². The molecule has 0 radical (unpaired) electrons. The highest BCUT2D eigenvalue weighted by molar-refractivity contribution is 6.07. The van der Waals surface area contributed by atoms with Gasteiger partial charge in [0.25, 0.3) is 5.91 Å². The fourth-order valence-corrected chi connectivity index (χ4v) is 4.81. The normalized spacial score (nSPS) is 22.5. The largest absolute Gasteiger partial charge is 0.450 e. The lowest BCUT2D eigenvalue weighted by molar-refractivity contribution is -0.152. The predicted octanol–water partition coefficient (Wildman–Crippen LogP) is 0.775. The molecule has 0 aromatic rings. The first-order valence-electron chi connectivity index (χ1n) is 11.3. The molecule has 30 heavy (non-hydrogen) atoms. The van der Waals surface area contributed by atoms with Crippen LogP contribution in [0, 0.1) is 0 Å². The number of ether oxygens (including phenoxy) is 1. The number of esters is 1. The van der Waals surface area contributed by atoms with Gasteiger partial charge >= 0.3 is 5.97 Å². The summed E-state index contributed by atoms with van der Waals surface area (Å²) in [5.41, 5.74) is -0.0213. The molecule has 2 fully saturated rings. The van der Waals surface area contributed by atoms with Crippen molar-refractivity contribution in [1.82, 2.24) is 20.0 Å². The van der Waals surface area contributed by atoms with Crippen molar-refractivity contribution in [1.29, 1.82) is 0 Å². The quantitative estimate of drug-likeness (QED) is 0.484. The van der Waals surface area contributed by atoms with Crippen LogP contribution in [0.2, 0.25) is 0 Å². The van der Waals surface area contributed by atoms with Crippen LogP contribution in [0.4, 0.5) is 0 Å². The molecule has 1 spiro atoms. The smallest absolute Gasteiger partial charge is 0.335 e. The Morgan fingerprint density at radius 2 is 1.63 bits per heavy atom. The Balaban J connectivity index is 1.48. The second kappa shape index (κ2) is 9.92. The van der Waals surface area contributed by atoms with E-state index >= 15 is 0 Å². The van der Waals surface area contributed by atoms with E-state index in [0.717, 1.165) is 39.1 Å². The fraction of sp³-hybridized carbons (Fsp3) is 0.773. The second-order valence-corrected chi connectivity index (χ2v) is 8.68. The molecule has 3 heterocycles. The number of carbonyl (C=O) groups is 3. The van der Waals surface area contributed by atoms with Crippen molar-refractivity contribution in [2.75, 3.05) is 58.9 Å². The summed E-state index contributed by atoms with van der Waals surface area (Å²) in [5, 5.41) is 3.00. The standard InChI is InChI=1S/C22H36N4O4/c1-4-9-24-13-15-25(16-14-24)10-5-8-23-20(28)19-17(2)21(29)30-22(19)6-11-26(12-7-22)18(3)27/h4-16H2,1-3H3,(H,23,28). The molecule has 0 bridgehead atoms. The number of piperazine rings is 1. The number of nitrogens with one attached hydrogen (secondary N) is 1. The van der Waals surface area contributed by atoms with Crippen LogP contribution < -0.4 is 5.32 Å². The van der Waals surface area contributed by atoms with Crippen LogP contribution in [0.1, 0.15) is 46.5 Å². The van der Waals surface area contributed by atoms with Gasteiger partial charge in [-0.25, -0.2) is 4.79 Å². The van der Waals surface area contributed by atoms with Crippen LogP contribution in [0.3, 0.4) is 0 Å². The Hall–Kier alpha value is -1.93. The SMILES string of the molecule is CCCN1CCN(CCCNC(=O)C2=C(C)C(=O)OC23CCN(C(C)=O)CC3)CC1. The summed E-state index contributed by atoms with van der Waals surface area (Å²) in [6, 6.07) is 0. The second-order valence-electron chi connectivity index (χ2n) is 8.68. The minimum absolute atomic E-state index is 0.0106. The van der Waals surface area contributed by atoms with Gasteiger partial charge in [-0.15, -0.1) is 0 Å². The number of hydrogen-bond donors (Lipinski definition) is 1. The van der Waals surface area contributed by atoms with Gasteiger partial charge in [0, 0.05) is 71.2 Å². The maximum atomic E-state index is 13.0. The van der Waals surface area contributed by atoms with E-state index in [0.29, 0.717) is 43.6 Å². The average molecular weight is 421 g/mol. The first kappa shape index (κ1) is 22.7. The fourth-order valence-electron chi connectivity index (χ4n) is 4.81. The number of hydrogen-bond acceptors (Lipinski definition) is 6. The molecule has 3 rings (SSSR count). The van der Waals surface area contributed by atoms with Crippen LogP contribution >= 0.6 is 0 Å². The van der Waals surface area contributed by atoms with E-state index < -0.39 is 11.6 Å². The Kier molecular flexibility index (Phi) is 7.52. The van der Waals surface area contributed by atoms with Gasteiger partial charge in [-0.2, -0.15) is 0 Å². The van der Waals surface area contributed by atoms with Crippen LogP contribution in [-0.2, 0) is 19.1 Å². The Morgan fingerprint density at radius 1 is 1.03 bits per heavy atom. The molecule has 0 aromatic carbocycles. The van der Waals surface area contributed by atoms with Crippen LogP contribution in [0.15, 0.2) is 11.1 Å². The number of carbonyl (C=O) groups excluding carboxylic acids is 3. The minimum Gasteiger partial charge on any atom is -0.450 e. The zero-order valence-electron chi connectivity index (χ0n) is 18.7. The number of rotatable bonds is 7. The summed E-state index contributed by atoms with van der Waals surface area (Å²) >= 11 is 0. The highest BCUT2D eigenvalue weighted by Crippen LogP contribution is 2.41. The molecule has 0 saturated carbocycles. The first-order valence-corrected chi connectivity index (χ1v) is 11.3. The molecule has 3 aliphatic heterocycles. The van der Waals surface area contributed by atoms with Gasteiger partial charge < -0.3 is 24.8 Å². The molecule has 8 nitrogen and oxygen atoms in total. The molecule has 2 amide bonds. The van der Waals surface area contributed by atoms with E-state index in [1.165, 1.54) is 19.9 Å². The van der Waals surface area contributed by atoms with Gasteiger partial charge in [0.15, 0.2) is 0 Å². The summed E-state index contributed by atoms with van der Waals surface area (Å²) < 4.78 is 5.67. The third-order valence-electron chi connectivity index (χ3n) is 6.61. The summed E-state index contributed by atoms with van der Waals surface area (Å²) in [5.74, 6) is -0.611. The molecule has 0 atom stereocenters. The van der Waals surface area contributed by atoms with Gasteiger partial charge in [-0.3, -0.25) is 9.59 Å². The third kappa shape index (κ3) is 5.03. The van der Waals surface area contributed by atoms with Crippen LogP contribution in [0.25, 0.3) is 0 Å². The van der Waals surface area contributed by atoms with Gasteiger partial charge in [0.05, 0.1) is 5.57 Å². The molecule has 0 unspecified atom stereocenters. The van der Waals surface area contributed by atoms with Gasteiger partial charge in [0.1, 0.15) is 5.60 Å². The summed E-state index contributed by atoms with van der Waals surface area (Å²) in [4.78, 5) is 43.5. The van der Waals surface area contributed by atoms with E-state index in [4.69, 9.17) is 4.74 Å². The van der Waals surface area contributed by atoms with Crippen molar-refractivity contribution >= 4 is 17.8 Å². The average Bonchev–Trinajstić information content (AvgIpc) is 2.96. The summed E-state index contributed by atoms with van der Waals surface area (Å²) in [7, 11) is 0. The summed E-state index contributed by atoms with van der Waals surface area (Å²) in [6.07, 6.45) is 3.02. The lowest BCUT2D eigenvalue weighted by Gasteiger charge is -2.39. The maximum Gasteiger partial charge on any atom is 0.335 e. The topological polar surface area (TPSA) is 82.2 Å².